The summed E-state index contributed by atoms with van der Waals surface area (Å²) >= 11 is 6.30. The molecule has 1 aliphatic heterocycles. The molecule has 2 aromatic rings. The van der Waals surface area contributed by atoms with Gasteiger partial charge in [-0.05, 0) is 55.2 Å². The van der Waals surface area contributed by atoms with Gasteiger partial charge >= 0.3 is 5.97 Å². The lowest BCUT2D eigenvalue weighted by atomic mass is 9.87. The second-order valence-corrected chi connectivity index (χ2v) is 11.6. The number of benzene rings is 2. The third-order valence-electron chi connectivity index (χ3n) is 5.86. The quantitative estimate of drug-likeness (QED) is 0.196. The number of ether oxygens (including phenoxy) is 1. The van der Waals surface area contributed by atoms with E-state index >= 15 is 0 Å². The number of rotatable bonds is 8. The number of nitrogens with one attached hydrogen (secondary N) is 1. The summed E-state index contributed by atoms with van der Waals surface area (Å²) in [4.78, 5) is 40.3. The Hall–Kier alpha value is -3.69. The molecule has 1 N–H and O–H groups in total. The molecule has 0 unspecified atom stereocenters. The minimum atomic E-state index is -4.13. The number of sulfonamides is 1. The van der Waals surface area contributed by atoms with Gasteiger partial charge in [-0.15, -0.1) is 0 Å². The van der Waals surface area contributed by atoms with Crippen molar-refractivity contribution < 1.29 is 27.5 Å². The number of hydrogen-bond acceptors (Lipinski definition) is 6. The van der Waals surface area contributed by atoms with Crippen LogP contribution in [0.1, 0.15) is 60.9 Å². The molecule has 38 heavy (non-hydrogen) atoms. The summed E-state index contributed by atoms with van der Waals surface area (Å²) < 4.78 is 33.9. The van der Waals surface area contributed by atoms with Crippen LogP contribution in [0.15, 0.2) is 77.4 Å². The van der Waals surface area contributed by atoms with Crippen molar-refractivity contribution in [2.45, 2.75) is 44.9 Å². The molecule has 0 saturated heterocycles. The summed E-state index contributed by atoms with van der Waals surface area (Å²) in [5.74, 6) is -2.38. The highest BCUT2D eigenvalue weighted by Crippen LogP contribution is 2.38. The highest BCUT2D eigenvalue weighted by molar-refractivity contribution is 7.92. The standard InChI is InChI=1S/C28H29ClN2O6S/c1-7-9-10-22(17(3)27(34)37-8-2)31-25(32)23-20(29)15-16-21(24(23)26(31)33)30-38(35,36)19-13-11-18(12-14-19)28(4,5)6/h7,9-16,30H,1,8H2,2-6H3/b10-9-,22-17-. The molecule has 1 heterocycles. The molecule has 2 amide bonds. The van der Waals surface area contributed by atoms with Gasteiger partial charge < -0.3 is 4.74 Å². The number of carbonyl (C=O) groups excluding carboxylic acids is 3. The van der Waals surface area contributed by atoms with E-state index in [0.29, 0.717) is 0 Å². The molecule has 0 saturated carbocycles. The molecule has 8 nitrogen and oxygen atoms in total. The van der Waals surface area contributed by atoms with Crippen LogP contribution in [0.5, 0.6) is 0 Å². The minimum absolute atomic E-state index is 0.00310. The lowest BCUT2D eigenvalue weighted by Gasteiger charge is -2.19. The smallest absolute Gasteiger partial charge is 0.335 e. The van der Waals surface area contributed by atoms with Gasteiger partial charge in [-0.25, -0.2) is 18.1 Å². The van der Waals surface area contributed by atoms with Crippen molar-refractivity contribution >= 4 is 45.1 Å². The number of amides is 2. The predicted molar refractivity (Wildman–Crippen MR) is 147 cm³/mol. The van der Waals surface area contributed by atoms with Gasteiger partial charge in [-0.2, -0.15) is 0 Å². The Kier molecular flexibility index (Phi) is 8.33. The van der Waals surface area contributed by atoms with Crippen molar-refractivity contribution in [1.29, 1.82) is 0 Å². The van der Waals surface area contributed by atoms with Crippen molar-refractivity contribution in [3.8, 4) is 0 Å². The van der Waals surface area contributed by atoms with Crippen LogP contribution < -0.4 is 4.72 Å². The van der Waals surface area contributed by atoms with E-state index < -0.39 is 27.8 Å². The molecule has 0 fully saturated rings. The maximum atomic E-state index is 13.6. The van der Waals surface area contributed by atoms with E-state index in [2.05, 4.69) is 11.3 Å². The molecule has 200 valence electrons. The van der Waals surface area contributed by atoms with Gasteiger partial charge in [0, 0.05) is 0 Å². The fraction of sp³-hybridized carbons (Fsp3) is 0.250. The molecule has 0 aliphatic carbocycles. The average Bonchev–Trinajstić information content (AvgIpc) is 3.12. The number of halogens is 1. The summed E-state index contributed by atoms with van der Waals surface area (Å²) in [6.45, 7) is 12.7. The number of anilines is 1. The van der Waals surface area contributed by atoms with Crippen LogP contribution >= 0.6 is 11.6 Å². The number of nitrogens with zero attached hydrogens (tertiary/aromatic N) is 1. The Morgan fingerprint density at radius 3 is 2.24 bits per heavy atom. The van der Waals surface area contributed by atoms with E-state index in [9.17, 15) is 22.8 Å². The van der Waals surface area contributed by atoms with E-state index in [1.54, 1.807) is 19.1 Å². The molecular weight excluding hydrogens is 528 g/mol. The van der Waals surface area contributed by atoms with Gasteiger partial charge in [0.05, 0.1) is 44.6 Å². The highest BCUT2D eigenvalue weighted by atomic mass is 35.5. The first-order valence-corrected chi connectivity index (χ1v) is 13.6. The van der Waals surface area contributed by atoms with Gasteiger partial charge in [0.2, 0.25) is 0 Å². The fourth-order valence-electron chi connectivity index (χ4n) is 3.84. The minimum Gasteiger partial charge on any atom is -0.463 e. The molecule has 0 spiro atoms. The first-order chi connectivity index (χ1) is 17.7. The first kappa shape index (κ1) is 28.9. The van der Waals surface area contributed by atoms with Gasteiger partial charge in [-0.3, -0.25) is 14.3 Å². The molecule has 0 aromatic heterocycles. The SMILES string of the molecule is C=C/C=C\C(=C(/C)C(=O)OCC)N1C(=O)c2c(Cl)ccc(NS(=O)(=O)c3ccc(C(C)(C)C)cc3)c2C1=O. The fourth-order valence-corrected chi connectivity index (χ4v) is 5.15. The van der Waals surface area contributed by atoms with Crippen molar-refractivity contribution in [3.63, 3.8) is 0 Å². The zero-order valence-corrected chi connectivity index (χ0v) is 23.4. The van der Waals surface area contributed by atoms with Crippen LogP contribution in [0, 0.1) is 0 Å². The predicted octanol–water partition coefficient (Wildman–Crippen LogP) is 5.61. The number of hydrogen-bond donors (Lipinski definition) is 1. The van der Waals surface area contributed by atoms with Gasteiger partial charge in [-0.1, -0.05) is 63.2 Å². The molecule has 0 atom stereocenters. The van der Waals surface area contributed by atoms with Crippen molar-refractivity contribution in [3.05, 3.63) is 94.2 Å². The van der Waals surface area contributed by atoms with E-state index in [-0.39, 0.29) is 50.0 Å². The molecular formula is C28H29ClN2O6S. The van der Waals surface area contributed by atoms with E-state index in [4.69, 9.17) is 16.3 Å². The van der Waals surface area contributed by atoms with Crippen LogP contribution in [0.3, 0.4) is 0 Å². The van der Waals surface area contributed by atoms with Crippen molar-refractivity contribution in [1.82, 2.24) is 4.90 Å². The van der Waals surface area contributed by atoms with E-state index in [0.717, 1.165) is 10.5 Å². The lowest BCUT2D eigenvalue weighted by molar-refractivity contribution is -0.138. The van der Waals surface area contributed by atoms with E-state index in [1.807, 2.05) is 20.8 Å². The van der Waals surface area contributed by atoms with Gasteiger partial charge in [0.15, 0.2) is 0 Å². The molecule has 1 aliphatic rings. The molecule has 0 bridgehead atoms. The van der Waals surface area contributed by atoms with Gasteiger partial charge in [0.1, 0.15) is 0 Å². The number of esters is 1. The molecule has 0 radical (unpaired) electrons. The Bertz CT molecular complexity index is 1480. The van der Waals surface area contributed by atoms with E-state index in [1.165, 1.54) is 49.4 Å². The first-order valence-electron chi connectivity index (χ1n) is 11.8. The normalized spacial score (nSPS) is 14.4. The Balaban J connectivity index is 2.10. The third-order valence-corrected chi connectivity index (χ3v) is 7.56. The van der Waals surface area contributed by atoms with Crippen LogP contribution in [-0.4, -0.2) is 37.7 Å². The van der Waals surface area contributed by atoms with Crippen LogP contribution in [0.25, 0.3) is 0 Å². The maximum absolute atomic E-state index is 13.6. The van der Waals surface area contributed by atoms with Crippen molar-refractivity contribution in [2.75, 3.05) is 11.3 Å². The Morgan fingerprint density at radius 2 is 1.68 bits per heavy atom. The lowest BCUT2D eigenvalue weighted by Crippen LogP contribution is -2.30. The monoisotopic (exact) mass is 556 g/mol. The van der Waals surface area contributed by atoms with Crippen LogP contribution in [0.4, 0.5) is 5.69 Å². The number of carbonyl (C=O) groups is 3. The number of fused-ring (bicyclic) bond motifs is 1. The second-order valence-electron chi connectivity index (χ2n) is 9.50. The van der Waals surface area contributed by atoms with Crippen LogP contribution in [-0.2, 0) is 25.0 Å². The van der Waals surface area contributed by atoms with Crippen molar-refractivity contribution in [2.24, 2.45) is 0 Å². The number of imide groups is 1. The Labute approximate surface area is 227 Å². The Morgan fingerprint density at radius 1 is 1.08 bits per heavy atom. The summed E-state index contributed by atoms with van der Waals surface area (Å²) in [7, 11) is -4.13. The third kappa shape index (κ3) is 5.58. The summed E-state index contributed by atoms with van der Waals surface area (Å²) in [6.07, 6.45) is 4.23. The largest absolute Gasteiger partial charge is 0.463 e. The zero-order chi connectivity index (χ0) is 28.4. The zero-order valence-electron chi connectivity index (χ0n) is 21.8. The second kappa shape index (κ2) is 11.0. The molecule has 3 rings (SSSR count). The molecule has 2 aromatic carbocycles. The van der Waals surface area contributed by atoms with Crippen LogP contribution in [0.2, 0.25) is 5.02 Å². The summed E-state index contributed by atoms with van der Waals surface area (Å²) in [6, 6.07) is 9.04. The van der Waals surface area contributed by atoms with Gasteiger partial charge in [0.25, 0.3) is 21.8 Å². The maximum Gasteiger partial charge on any atom is 0.335 e. The summed E-state index contributed by atoms with van der Waals surface area (Å²) in [5.41, 5.74) is 0.208. The topological polar surface area (TPSA) is 110 Å². The summed E-state index contributed by atoms with van der Waals surface area (Å²) in [5, 5.41) is -0.0424. The highest BCUT2D eigenvalue weighted by Gasteiger charge is 2.42. The number of allylic oxidation sites excluding steroid dienone is 3. The molecule has 10 heteroatoms. The average molecular weight is 557 g/mol.